The maximum absolute atomic E-state index is 11.9. The highest BCUT2D eigenvalue weighted by atomic mass is 32.1. The summed E-state index contributed by atoms with van der Waals surface area (Å²) in [5.41, 5.74) is 1.60. The zero-order chi connectivity index (χ0) is 15.2. The van der Waals surface area contributed by atoms with E-state index in [1.807, 2.05) is 12.1 Å². The van der Waals surface area contributed by atoms with Crippen molar-refractivity contribution in [2.24, 2.45) is 0 Å². The van der Waals surface area contributed by atoms with Crippen LogP contribution in [-0.4, -0.2) is 11.0 Å². The molecule has 0 aliphatic carbocycles. The maximum atomic E-state index is 11.9. The smallest absolute Gasteiger partial charge is 0.308 e. The molecule has 21 heavy (non-hydrogen) atoms. The quantitative estimate of drug-likeness (QED) is 0.896. The number of nitrogens with zero attached hydrogens (tertiary/aromatic N) is 2. The standard InChI is InChI=1S/C15H16N4OS/c1-10(2)13-9-17-15(21-13)19-14(20)18-12-5-3-11(4-6-12)7-8-16/h3-6,9-10H,7H2,1-2H3,(H2,17,18,19,20). The molecule has 0 atom stereocenters. The lowest BCUT2D eigenvalue weighted by molar-refractivity contribution is 0.262. The number of anilines is 2. The Hall–Kier alpha value is -2.39. The normalized spacial score (nSPS) is 10.2. The van der Waals surface area contributed by atoms with Crippen molar-refractivity contribution in [3.8, 4) is 6.07 Å². The zero-order valence-electron chi connectivity index (χ0n) is 11.9. The molecule has 2 aromatic rings. The molecule has 2 amide bonds. The lowest BCUT2D eigenvalue weighted by Gasteiger charge is -2.05. The van der Waals surface area contributed by atoms with Gasteiger partial charge in [-0.15, -0.1) is 11.3 Å². The van der Waals surface area contributed by atoms with Crippen LogP contribution in [0.15, 0.2) is 30.5 Å². The molecule has 0 aliphatic rings. The number of nitrogens with one attached hydrogen (secondary N) is 2. The number of rotatable bonds is 4. The molecular formula is C15H16N4OS. The fourth-order valence-electron chi connectivity index (χ4n) is 1.67. The van der Waals surface area contributed by atoms with E-state index in [1.54, 1.807) is 18.3 Å². The first-order valence-electron chi connectivity index (χ1n) is 6.58. The Balaban J connectivity index is 1.93. The zero-order valence-corrected chi connectivity index (χ0v) is 12.7. The van der Waals surface area contributed by atoms with Crippen LogP contribution in [0, 0.1) is 11.3 Å². The fourth-order valence-corrected chi connectivity index (χ4v) is 2.48. The van der Waals surface area contributed by atoms with Gasteiger partial charge in [0.05, 0.1) is 12.5 Å². The number of benzene rings is 1. The Bertz CT molecular complexity index is 655. The first-order chi connectivity index (χ1) is 10.1. The van der Waals surface area contributed by atoms with Gasteiger partial charge >= 0.3 is 6.03 Å². The summed E-state index contributed by atoms with van der Waals surface area (Å²) in [6.45, 7) is 4.17. The lowest BCUT2D eigenvalue weighted by Crippen LogP contribution is -2.19. The molecule has 2 rings (SSSR count). The van der Waals surface area contributed by atoms with E-state index < -0.39 is 0 Å². The van der Waals surface area contributed by atoms with Crippen molar-refractivity contribution in [3.63, 3.8) is 0 Å². The number of aromatic nitrogens is 1. The molecule has 5 nitrogen and oxygen atoms in total. The van der Waals surface area contributed by atoms with Gasteiger partial charge in [-0.3, -0.25) is 5.32 Å². The average Bonchev–Trinajstić information content (AvgIpc) is 2.90. The second-order valence-electron chi connectivity index (χ2n) is 4.83. The number of hydrogen-bond acceptors (Lipinski definition) is 4. The molecule has 0 saturated heterocycles. The van der Waals surface area contributed by atoms with E-state index in [1.165, 1.54) is 11.3 Å². The Morgan fingerprint density at radius 2 is 2.05 bits per heavy atom. The summed E-state index contributed by atoms with van der Waals surface area (Å²) in [4.78, 5) is 17.2. The molecular weight excluding hydrogens is 284 g/mol. The highest BCUT2D eigenvalue weighted by molar-refractivity contribution is 7.15. The van der Waals surface area contributed by atoms with Gasteiger partial charge in [-0.25, -0.2) is 9.78 Å². The average molecular weight is 300 g/mol. The summed E-state index contributed by atoms with van der Waals surface area (Å²) in [6, 6.07) is 8.94. The van der Waals surface area contributed by atoms with Gasteiger partial charge in [0.25, 0.3) is 0 Å². The van der Waals surface area contributed by atoms with Crippen molar-refractivity contribution in [1.82, 2.24) is 4.98 Å². The maximum Gasteiger partial charge on any atom is 0.325 e. The number of carbonyl (C=O) groups is 1. The molecule has 0 fully saturated rings. The van der Waals surface area contributed by atoms with Gasteiger partial charge in [0.1, 0.15) is 0 Å². The summed E-state index contributed by atoms with van der Waals surface area (Å²) >= 11 is 1.47. The van der Waals surface area contributed by atoms with Gasteiger partial charge in [-0.1, -0.05) is 26.0 Å². The predicted molar refractivity (Wildman–Crippen MR) is 84.6 cm³/mol. The van der Waals surface area contributed by atoms with E-state index in [4.69, 9.17) is 5.26 Å². The second-order valence-corrected chi connectivity index (χ2v) is 5.90. The molecule has 0 bridgehead atoms. The largest absolute Gasteiger partial charge is 0.325 e. The van der Waals surface area contributed by atoms with Gasteiger partial charge in [-0.05, 0) is 23.6 Å². The minimum atomic E-state index is -0.326. The Morgan fingerprint density at radius 1 is 1.33 bits per heavy atom. The topological polar surface area (TPSA) is 77.8 Å². The van der Waals surface area contributed by atoms with Crippen molar-refractivity contribution in [1.29, 1.82) is 5.26 Å². The molecule has 0 radical (unpaired) electrons. The van der Waals surface area contributed by atoms with Gasteiger partial charge in [0.2, 0.25) is 0 Å². The highest BCUT2D eigenvalue weighted by Crippen LogP contribution is 2.25. The van der Waals surface area contributed by atoms with Crippen LogP contribution >= 0.6 is 11.3 Å². The van der Waals surface area contributed by atoms with E-state index in [2.05, 4.69) is 35.5 Å². The van der Waals surface area contributed by atoms with Crippen molar-refractivity contribution in [3.05, 3.63) is 40.9 Å². The Kier molecular flexibility index (Phi) is 4.90. The molecule has 1 aromatic carbocycles. The van der Waals surface area contributed by atoms with Gasteiger partial charge in [0, 0.05) is 16.8 Å². The monoisotopic (exact) mass is 300 g/mol. The van der Waals surface area contributed by atoms with E-state index in [0.29, 0.717) is 23.2 Å². The number of carbonyl (C=O) groups excluding carboxylic acids is 1. The SMILES string of the molecule is CC(C)c1cnc(NC(=O)Nc2ccc(CC#N)cc2)s1. The van der Waals surface area contributed by atoms with Crippen molar-refractivity contribution >= 4 is 28.2 Å². The van der Waals surface area contributed by atoms with E-state index in [0.717, 1.165) is 10.4 Å². The number of amides is 2. The molecule has 0 unspecified atom stereocenters. The van der Waals surface area contributed by atoms with Crippen LogP contribution in [0.4, 0.5) is 15.6 Å². The van der Waals surface area contributed by atoms with E-state index in [9.17, 15) is 4.79 Å². The first-order valence-corrected chi connectivity index (χ1v) is 7.39. The summed E-state index contributed by atoms with van der Waals surface area (Å²) < 4.78 is 0. The van der Waals surface area contributed by atoms with Crippen LogP contribution in [0.1, 0.15) is 30.2 Å². The van der Waals surface area contributed by atoms with Crippen LogP contribution in [0.2, 0.25) is 0 Å². The number of thiazole rings is 1. The fraction of sp³-hybridized carbons (Fsp3) is 0.267. The van der Waals surface area contributed by atoms with E-state index in [-0.39, 0.29) is 6.03 Å². The summed E-state index contributed by atoms with van der Waals surface area (Å²) in [5.74, 6) is 0.397. The van der Waals surface area contributed by atoms with Crippen LogP contribution < -0.4 is 10.6 Å². The van der Waals surface area contributed by atoms with Gasteiger partial charge < -0.3 is 5.32 Å². The minimum Gasteiger partial charge on any atom is -0.308 e. The molecule has 1 aromatic heterocycles. The Morgan fingerprint density at radius 3 is 2.62 bits per heavy atom. The van der Waals surface area contributed by atoms with Crippen molar-refractivity contribution < 1.29 is 4.79 Å². The van der Waals surface area contributed by atoms with Gasteiger partial charge in [0.15, 0.2) is 5.13 Å². The molecule has 2 N–H and O–H groups in total. The lowest BCUT2D eigenvalue weighted by atomic mass is 10.1. The van der Waals surface area contributed by atoms with Gasteiger partial charge in [-0.2, -0.15) is 5.26 Å². The molecule has 6 heteroatoms. The highest BCUT2D eigenvalue weighted by Gasteiger charge is 2.08. The minimum absolute atomic E-state index is 0.326. The number of urea groups is 1. The summed E-state index contributed by atoms with van der Waals surface area (Å²) in [6.07, 6.45) is 2.14. The molecule has 0 saturated carbocycles. The van der Waals surface area contributed by atoms with Crippen LogP contribution in [0.25, 0.3) is 0 Å². The van der Waals surface area contributed by atoms with Crippen LogP contribution in [0.5, 0.6) is 0 Å². The number of hydrogen-bond donors (Lipinski definition) is 2. The second kappa shape index (κ2) is 6.86. The third-order valence-corrected chi connectivity index (χ3v) is 4.02. The third-order valence-electron chi connectivity index (χ3n) is 2.81. The van der Waals surface area contributed by atoms with Crippen molar-refractivity contribution in [2.75, 3.05) is 10.6 Å². The molecule has 108 valence electrons. The Labute approximate surface area is 127 Å². The predicted octanol–water partition coefficient (Wildman–Crippen LogP) is 3.98. The third kappa shape index (κ3) is 4.29. The molecule has 0 spiro atoms. The van der Waals surface area contributed by atoms with E-state index >= 15 is 0 Å². The van der Waals surface area contributed by atoms with Crippen LogP contribution in [-0.2, 0) is 6.42 Å². The molecule has 1 heterocycles. The summed E-state index contributed by atoms with van der Waals surface area (Å²) in [5, 5.41) is 14.6. The number of nitriles is 1. The summed E-state index contributed by atoms with van der Waals surface area (Å²) in [7, 11) is 0. The first kappa shape index (κ1) is 15.0. The van der Waals surface area contributed by atoms with Crippen molar-refractivity contribution in [2.45, 2.75) is 26.2 Å². The van der Waals surface area contributed by atoms with Crippen LogP contribution in [0.3, 0.4) is 0 Å². The molecule has 0 aliphatic heterocycles.